The largest absolute Gasteiger partial charge is 0.324 e. The lowest BCUT2D eigenvalue weighted by atomic mass is 10.1. The average molecular weight is 348 g/mol. The minimum Gasteiger partial charge on any atom is -0.324 e. The van der Waals surface area contributed by atoms with Crippen molar-refractivity contribution >= 4 is 33.3 Å². The van der Waals surface area contributed by atoms with Gasteiger partial charge in [-0.15, -0.1) is 0 Å². The molecule has 0 heterocycles. The first-order valence-electron chi connectivity index (χ1n) is 6.65. The fourth-order valence-corrected chi connectivity index (χ4v) is 2.16. The van der Waals surface area contributed by atoms with Crippen molar-refractivity contribution in [2.75, 3.05) is 10.6 Å². The molecule has 0 fully saturated rings. The number of hydrogen-bond acceptors (Lipinski definition) is 2. The Morgan fingerprint density at radius 2 is 1.81 bits per heavy atom. The smallest absolute Gasteiger partial charge is 0.323 e. The number of nitrogens with two attached hydrogens (primary N) is 1. The number of anilines is 2. The maximum atomic E-state index is 12.0. The van der Waals surface area contributed by atoms with E-state index >= 15 is 0 Å². The Labute approximate surface area is 132 Å². The van der Waals surface area contributed by atoms with Crippen LogP contribution in [0.5, 0.6) is 0 Å². The van der Waals surface area contributed by atoms with Gasteiger partial charge < -0.3 is 16.4 Å². The number of benzene rings is 2. The molecule has 110 valence electrons. The second kappa shape index (κ2) is 6.74. The lowest BCUT2D eigenvalue weighted by Gasteiger charge is -2.11. The van der Waals surface area contributed by atoms with Crippen LogP contribution in [0.15, 0.2) is 46.9 Å². The quantitative estimate of drug-likeness (QED) is 0.769. The number of hydrogen-bond donors (Lipinski definition) is 3. The highest BCUT2D eigenvalue weighted by Gasteiger charge is 2.06. The van der Waals surface area contributed by atoms with E-state index in [2.05, 4.69) is 26.6 Å². The zero-order chi connectivity index (χ0) is 15.4. The molecule has 1 unspecified atom stereocenters. The highest BCUT2D eigenvalue weighted by molar-refractivity contribution is 9.10. The fourth-order valence-electron chi connectivity index (χ4n) is 1.92. The number of urea groups is 1. The Morgan fingerprint density at radius 1 is 1.14 bits per heavy atom. The van der Waals surface area contributed by atoms with Crippen molar-refractivity contribution in [3.8, 4) is 0 Å². The first-order valence-corrected chi connectivity index (χ1v) is 7.44. The van der Waals surface area contributed by atoms with Crippen LogP contribution in [0.25, 0.3) is 0 Å². The second-order valence-corrected chi connectivity index (χ2v) is 5.81. The van der Waals surface area contributed by atoms with Crippen LogP contribution >= 0.6 is 15.9 Å². The van der Waals surface area contributed by atoms with Crippen LogP contribution in [0.1, 0.15) is 24.1 Å². The summed E-state index contributed by atoms with van der Waals surface area (Å²) < 4.78 is 1.01. The molecule has 1 atom stereocenters. The van der Waals surface area contributed by atoms with Gasteiger partial charge in [-0.05, 0) is 55.3 Å². The lowest BCUT2D eigenvalue weighted by molar-refractivity contribution is 0.262. The van der Waals surface area contributed by atoms with Crippen LogP contribution in [0, 0.1) is 6.92 Å². The molecule has 0 saturated heterocycles. The molecular formula is C16H18BrN3O. The number of nitrogens with one attached hydrogen (secondary N) is 2. The Bertz CT molecular complexity index is 656. The first-order chi connectivity index (χ1) is 9.95. The van der Waals surface area contributed by atoms with Gasteiger partial charge in [-0.1, -0.05) is 28.1 Å². The standard InChI is InChI=1S/C16H18BrN3O/c1-10-8-14(6-7-15(10)17)20-16(21)19-13-5-3-4-12(9-13)11(2)18/h3-9,11H,18H2,1-2H3,(H2,19,20,21). The summed E-state index contributed by atoms with van der Waals surface area (Å²) in [4.78, 5) is 12.0. The zero-order valence-corrected chi connectivity index (χ0v) is 13.6. The number of rotatable bonds is 3. The molecule has 0 aliphatic rings. The van der Waals surface area contributed by atoms with E-state index in [9.17, 15) is 4.79 Å². The number of carbonyl (C=O) groups is 1. The van der Waals surface area contributed by atoms with E-state index in [0.717, 1.165) is 27.0 Å². The number of aryl methyl sites for hydroxylation is 1. The molecule has 21 heavy (non-hydrogen) atoms. The maximum absolute atomic E-state index is 12.0. The molecule has 2 aromatic rings. The Morgan fingerprint density at radius 3 is 2.43 bits per heavy atom. The fraction of sp³-hybridized carbons (Fsp3) is 0.188. The summed E-state index contributed by atoms with van der Waals surface area (Å²) in [5.41, 5.74) is 9.34. The Kier molecular flexibility index (Phi) is 4.98. The van der Waals surface area contributed by atoms with Crippen molar-refractivity contribution in [1.82, 2.24) is 0 Å². The van der Waals surface area contributed by atoms with Gasteiger partial charge in [0, 0.05) is 21.9 Å². The Balaban J connectivity index is 2.04. The molecule has 4 nitrogen and oxygen atoms in total. The second-order valence-electron chi connectivity index (χ2n) is 4.96. The van der Waals surface area contributed by atoms with Gasteiger partial charge in [-0.25, -0.2) is 4.79 Å². The topological polar surface area (TPSA) is 67.2 Å². The van der Waals surface area contributed by atoms with Gasteiger partial charge in [0.15, 0.2) is 0 Å². The average Bonchev–Trinajstić information content (AvgIpc) is 2.43. The van der Waals surface area contributed by atoms with Crippen LogP contribution in [0.2, 0.25) is 0 Å². The number of carbonyl (C=O) groups excluding carboxylic acids is 1. The highest BCUT2D eigenvalue weighted by atomic mass is 79.9. The van der Waals surface area contributed by atoms with Crippen LogP contribution in [0.4, 0.5) is 16.2 Å². The zero-order valence-electron chi connectivity index (χ0n) is 12.0. The predicted molar refractivity (Wildman–Crippen MR) is 90.6 cm³/mol. The van der Waals surface area contributed by atoms with Crippen molar-refractivity contribution in [2.24, 2.45) is 5.73 Å². The molecule has 0 bridgehead atoms. The van der Waals surface area contributed by atoms with Crippen LogP contribution in [-0.2, 0) is 0 Å². The summed E-state index contributed by atoms with van der Waals surface area (Å²) in [7, 11) is 0. The highest BCUT2D eigenvalue weighted by Crippen LogP contribution is 2.20. The van der Waals surface area contributed by atoms with Crippen molar-refractivity contribution in [3.05, 3.63) is 58.1 Å². The molecule has 0 aromatic heterocycles. The lowest BCUT2D eigenvalue weighted by Crippen LogP contribution is -2.19. The molecule has 0 spiro atoms. The third kappa shape index (κ3) is 4.31. The van der Waals surface area contributed by atoms with Crippen molar-refractivity contribution in [2.45, 2.75) is 19.9 Å². The van der Waals surface area contributed by atoms with Crippen LogP contribution < -0.4 is 16.4 Å². The summed E-state index contributed by atoms with van der Waals surface area (Å²) >= 11 is 3.43. The van der Waals surface area contributed by atoms with Gasteiger partial charge >= 0.3 is 6.03 Å². The minimum atomic E-state index is -0.279. The van der Waals surface area contributed by atoms with E-state index in [0.29, 0.717) is 0 Å². The summed E-state index contributed by atoms with van der Waals surface area (Å²) in [6, 6.07) is 12.8. The maximum Gasteiger partial charge on any atom is 0.323 e. The third-order valence-corrected chi connectivity index (χ3v) is 3.98. The molecule has 0 aliphatic carbocycles. The first kappa shape index (κ1) is 15.5. The molecule has 0 aliphatic heterocycles. The molecule has 4 N–H and O–H groups in total. The van der Waals surface area contributed by atoms with E-state index in [1.165, 1.54) is 0 Å². The molecule has 2 aromatic carbocycles. The van der Waals surface area contributed by atoms with E-state index in [1.54, 1.807) is 0 Å². The van der Waals surface area contributed by atoms with Gasteiger partial charge in [0.05, 0.1) is 0 Å². The van der Waals surface area contributed by atoms with Crippen LogP contribution in [-0.4, -0.2) is 6.03 Å². The SMILES string of the molecule is Cc1cc(NC(=O)Nc2cccc(C(C)N)c2)ccc1Br. The molecule has 2 rings (SSSR count). The molecule has 2 amide bonds. The molecule has 0 radical (unpaired) electrons. The van der Waals surface area contributed by atoms with Gasteiger partial charge in [0.1, 0.15) is 0 Å². The van der Waals surface area contributed by atoms with E-state index in [1.807, 2.05) is 56.3 Å². The summed E-state index contributed by atoms with van der Waals surface area (Å²) in [5.74, 6) is 0. The van der Waals surface area contributed by atoms with Gasteiger partial charge in [-0.2, -0.15) is 0 Å². The predicted octanol–water partition coefficient (Wildman–Crippen LogP) is 4.42. The minimum absolute atomic E-state index is 0.0658. The summed E-state index contributed by atoms with van der Waals surface area (Å²) in [5, 5.41) is 5.61. The summed E-state index contributed by atoms with van der Waals surface area (Å²) in [6.45, 7) is 3.88. The Hall–Kier alpha value is -1.85. The van der Waals surface area contributed by atoms with Gasteiger partial charge in [0.2, 0.25) is 0 Å². The van der Waals surface area contributed by atoms with E-state index in [-0.39, 0.29) is 12.1 Å². The van der Waals surface area contributed by atoms with E-state index in [4.69, 9.17) is 5.73 Å². The van der Waals surface area contributed by atoms with E-state index < -0.39 is 0 Å². The summed E-state index contributed by atoms with van der Waals surface area (Å²) in [6.07, 6.45) is 0. The van der Waals surface area contributed by atoms with Gasteiger partial charge in [0.25, 0.3) is 0 Å². The van der Waals surface area contributed by atoms with Crippen LogP contribution in [0.3, 0.4) is 0 Å². The molecular weight excluding hydrogens is 330 g/mol. The monoisotopic (exact) mass is 347 g/mol. The molecule has 5 heteroatoms. The normalized spacial score (nSPS) is 11.8. The third-order valence-electron chi connectivity index (χ3n) is 3.09. The van der Waals surface area contributed by atoms with Crippen molar-refractivity contribution in [3.63, 3.8) is 0 Å². The number of amides is 2. The van der Waals surface area contributed by atoms with Crippen molar-refractivity contribution in [1.29, 1.82) is 0 Å². The molecule has 0 saturated carbocycles. The van der Waals surface area contributed by atoms with Crippen molar-refractivity contribution < 1.29 is 4.79 Å². The number of halogens is 1. The van der Waals surface area contributed by atoms with Gasteiger partial charge in [-0.3, -0.25) is 0 Å².